The molecule has 6 fully saturated rings. The van der Waals surface area contributed by atoms with Gasteiger partial charge in [0.1, 0.15) is 0 Å². The molecule has 10 heterocycles. The van der Waals surface area contributed by atoms with Crippen LogP contribution in [0, 0.1) is 5.41 Å². The van der Waals surface area contributed by atoms with Gasteiger partial charge in [0.2, 0.25) is 21.8 Å². The zero-order valence-electron chi connectivity index (χ0n) is 53.8. The van der Waals surface area contributed by atoms with Crippen LogP contribution >= 0.6 is 46.4 Å². The van der Waals surface area contributed by atoms with Gasteiger partial charge in [0.15, 0.2) is 0 Å². The van der Waals surface area contributed by atoms with Crippen LogP contribution in [0.25, 0.3) is 43.6 Å². The number of anilines is 4. The molecule has 4 N–H and O–H groups in total. The van der Waals surface area contributed by atoms with Gasteiger partial charge in [0.25, 0.3) is 0 Å². The Hall–Kier alpha value is -6.15. The maximum atomic E-state index is 11.7. The van der Waals surface area contributed by atoms with E-state index in [-0.39, 0.29) is 29.3 Å². The van der Waals surface area contributed by atoms with Gasteiger partial charge in [-0.2, -0.15) is 24.7 Å². The first-order valence-electron chi connectivity index (χ1n) is 32.1. The third-order valence-corrected chi connectivity index (χ3v) is 21.8. The van der Waals surface area contributed by atoms with E-state index in [1.54, 1.807) is 18.2 Å². The molecule has 2 unspecified atom stereocenters. The van der Waals surface area contributed by atoms with Crippen molar-refractivity contribution in [3.05, 3.63) is 93.4 Å². The summed E-state index contributed by atoms with van der Waals surface area (Å²) in [5.41, 5.74) is 8.42. The predicted molar refractivity (Wildman–Crippen MR) is 372 cm³/mol. The Bertz CT molecular complexity index is 3940. The molecule has 0 spiro atoms. The molecule has 4 aromatic heterocycles. The number of carbonyl (C=O) groups is 2. The van der Waals surface area contributed by atoms with E-state index in [2.05, 4.69) is 97.0 Å². The summed E-state index contributed by atoms with van der Waals surface area (Å²) in [6.45, 7) is 24.8. The van der Waals surface area contributed by atoms with Crippen molar-refractivity contribution in [2.24, 2.45) is 5.41 Å². The van der Waals surface area contributed by atoms with Gasteiger partial charge in [-0.25, -0.2) is 8.42 Å². The number of rotatable bonds is 9. The van der Waals surface area contributed by atoms with Gasteiger partial charge in [0, 0.05) is 213 Å². The van der Waals surface area contributed by atoms with Crippen LogP contribution in [-0.2, 0) is 24.3 Å². The van der Waals surface area contributed by atoms with E-state index in [9.17, 15) is 18.0 Å². The van der Waals surface area contributed by atoms with Gasteiger partial charge in [-0.3, -0.25) is 39.8 Å². The highest BCUT2D eigenvalue weighted by Gasteiger charge is 2.40. The Labute approximate surface area is 559 Å². The van der Waals surface area contributed by atoms with Gasteiger partial charge in [0.05, 0.1) is 66.3 Å². The average Bonchev–Trinajstić information content (AvgIpc) is 1.19. The number of amides is 2. The van der Waals surface area contributed by atoms with Crippen molar-refractivity contribution in [3.8, 4) is 0 Å². The highest BCUT2D eigenvalue weighted by atomic mass is 35.5. The lowest BCUT2D eigenvalue weighted by Gasteiger charge is -2.48. The van der Waals surface area contributed by atoms with Gasteiger partial charge in [-0.1, -0.05) is 67.2 Å². The van der Waals surface area contributed by atoms with E-state index in [4.69, 9.17) is 51.1 Å². The van der Waals surface area contributed by atoms with Crippen LogP contribution in [0.15, 0.2) is 73.3 Å². The number of hydrogen-bond donors (Lipinski definition) is 4. The molecule has 6 aliphatic heterocycles. The number of aromatic amines is 4. The molecule has 6 saturated heterocycles. The number of aromatic nitrogens is 8. The van der Waals surface area contributed by atoms with Crippen LogP contribution in [0.3, 0.4) is 0 Å². The minimum atomic E-state index is -3.07. The van der Waals surface area contributed by atoms with Crippen LogP contribution in [0.4, 0.5) is 22.7 Å². The summed E-state index contributed by atoms with van der Waals surface area (Å²) in [6.07, 6.45) is 15.2. The molecule has 92 heavy (non-hydrogen) atoms. The number of ether oxygens (including phenoxy) is 1. The number of benzene rings is 4. The predicted octanol–water partition coefficient (Wildman–Crippen LogP) is 10.2. The quantitative estimate of drug-likeness (QED) is 0.106. The SMILES string of the molecule is CC(=O)N(C)C1CCN(c2cc(Cl)cc3[nH]ncc23)CC1(C)C.CCC1CN(c2cc(Cl)cc3[nH]ncc23)CCN1C(C)=O.CS(=O)(=O)N1CCN(C2CCN(c3cc(Cl)cc4[nH]ncc34)CC2)CC1.Clc1cc(N2CCC(N3CCOCC3)CC2)c2cn[nH]c2c1. The van der Waals surface area contributed by atoms with Gasteiger partial charge in [-0.05, 0) is 87.1 Å². The lowest BCUT2D eigenvalue weighted by Crippen LogP contribution is -2.56. The fourth-order valence-corrected chi connectivity index (χ4v) is 16.3. The summed E-state index contributed by atoms with van der Waals surface area (Å²) in [4.78, 5) is 41.8. The van der Waals surface area contributed by atoms with E-state index < -0.39 is 10.0 Å². The lowest BCUT2D eigenvalue weighted by atomic mass is 9.78. The number of morpholine rings is 1. The minimum absolute atomic E-state index is 0.00293. The Balaban J connectivity index is 0.000000126. The molecule has 496 valence electrons. The van der Waals surface area contributed by atoms with E-state index in [1.807, 2.05) is 84.1 Å². The smallest absolute Gasteiger partial charge is 0.219 e. The molecule has 4 aromatic carbocycles. The molecule has 2 amide bonds. The number of fused-ring (bicyclic) bond motifs is 4. The van der Waals surface area contributed by atoms with Crippen LogP contribution in [0.5, 0.6) is 0 Å². The number of hydrogen-bond acceptors (Lipinski definition) is 15. The maximum Gasteiger partial charge on any atom is 0.219 e. The third-order valence-electron chi connectivity index (χ3n) is 19.6. The first-order chi connectivity index (χ1) is 44.1. The molecule has 27 heteroatoms. The summed E-state index contributed by atoms with van der Waals surface area (Å²) < 4.78 is 30.4. The monoisotopic (exact) mass is 1360 g/mol. The summed E-state index contributed by atoms with van der Waals surface area (Å²) in [5.74, 6) is 0.276. The molecule has 0 radical (unpaired) electrons. The number of halogens is 4. The summed E-state index contributed by atoms with van der Waals surface area (Å²) >= 11 is 25.0. The van der Waals surface area contributed by atoms with Crippen molar-refractivity contribution in [2.45, 2.75) is 97.3 Å². The molecular formula is C65H87Cl4N17O5S. The zero-order chi connectivity index (χ0) is 65.0. The zero-order valence-corrected chi connectivity index (χ0v) is 57.6. The summed E-state index contributed by atoms with van der Waals surface area (Å²) in [6, 6.07) is 17.4. The molecule has 6 aliphatic rings. The van der Waals surface area contributed by atoms with Crippen LogP contribution in [-0.4, -0.2) is 234 Å². The Kier molecular flexibility index (Phi) is 21.4. The van der Waals surface area contributed by atoms with E-state index >= 15 is 0 Å². The largest absolute Gasteiger partial charge is 0.379 e. The maximum absolute atomic E-state index is 11.7. The van der Waals surface area contributed by atoms with E-state index in [1.165, 1.54) is 24.8 Å². The van der Waals surface area contributed by atoms with Crippen molar-refractivity contribution in [3.63, 3.8) is 0 Å². The number of piperazine rings is 2. The normalized spacial score (nSPS) is 20.8. The van der Waals surface area contributed by atoms with Crippen molar-refractivity contribution in [2.75, 3.05) is 144 Å². The highest BCUT2D eigenvalue weighted by Crippen LogP contribution is 2.40. The Morgan fingerprint density at radius 2 is 0.946 bits per heavy atom. The molecule has 14 rings (SSSR count). The van der Waals surface area contributed by atoms with Crippen LogP contribution in [0.2, 0.25) is 20.1 Å². The van der Waals surface area contributed by atoms with Crippen molar-refractivity contribution in [1.82, 2.24) is 64.7 Å². The van der Waals surface area contributed by atoms with E-state index in [0.717, 1.165) is 195 Å². The summed E-state index contributed by atoms with van der Waals surface area (Å²) in [7, 11) is -1.17. The van der Waals surface area contributed by atoms with Gasteiger partial charge >= 0.3 is 0 Å². The lowest BCUT2D eigenvalue weighted by molar-refractivity contribution is -0.132. The highest BCUT2D eigenvalue weighted by molar-refractivity contribution is 7.88. The number of nitrogens with zero attached hydrogens (tertiary/aromatic N) is 13. The van der Waals surface area contributed by atoms with Crippen molar-refractivity contribution < 1.29 is 22.7 Å². The van der Waals surface area contributed by atoms with Crippen LogP contribution in [0.1, 0.15) is 73.1 Å². The van der Waals surface area contributed by atoms with Crippen molar-refractivity contribution in [1.29, 1.82) is 0 Å². The Morgan fingerprint density at radius 1 is 0.554 bits per heavy atom. The molecule has 0 aliphatic carbocycles. The fraction of sp³-hybridized carbons (Fsp3) is 0.538. The van der Waals surface area contributed by atoms with Crippen LogP contribution < -0.4 is 19.6 Å². The topological polar surface area (TPSA) is 221 Å². The second kappa shape index (κ2) is 29.2. The number of piperidine rings is 3. The minimum Gasteiger partial charge on any atom is -0.379 e. The Morgan fingerprint density at radius 3 is 1.33 bits per heavy atom. The van der Waals surface area contributed by atoms with E-state index in [0.29, 0.717) is 35.2 Å². The molecule has 8 aromatic rings. The second-order valence-electron chi connectivity index (χ2n) is 25.9. The standard InChI is InChI=1S/C17H24ClN5O2S.C17H23ClN4O.C16H21ClN4O.C15H19ClN4O/c1-26(24,25)23-8-6-21(7-9-23)14-2-4-22(5-3-14)17-11-13(18)10-16-15(17)12-19-20-16;1-11(23)21(4)16-5-6-22(10-17(16,2)3)15-8-12(18)7-14-13(15)9-19-20-14;17-12-9-15-14(11-18-19-15)16(10-12)21-3-1-13(2-4-21)20-5-7-22-8-6-20;1-3-12-9-19(4-5-20(12)10(2)21)15-7-11(16)6-14-13(15)8-17-18-14/h10-12,14H,2-9H2,1H3,(H,19,20);7-9,16H,5-6,10H2,1-4H3,(H,19,20);9-11,13H,1-8H2,(H,18,19);6-8,12H,3-5,9H2,1-2H3,(H,17,18). The molecule has 0 bridgehead atoms. The number of H-pyrrole nitrogens is 4. The van der Waals surface area contributed by atoms with Crippen molar-refractivity contribution >= 4 is 135 Å². The average molecular weight is 1360 g/mol. The first-order valence-corrected chi connectivity index (χ1v) is 35.5. The fourth-order valence-electron chi connectivity index (χ4n) is 14.7. The third kappa shape index (κ3) is 15.5. The molecular weight excluding hydrogens is 1270 g/mol. The number of nitrogens with one attached hydrogen (secondary N) is 4. The first kappa shape index (κ1) is 67.3. The van der Waals surface area contributed by atoms with Gasteiger partial charge < -0.3 is 34.1 Å². The molecule has 22 nitrogen and oxygen atoms in total. The number of sulfonamides is 1. The molecule has 0 saturated carbocycles. The number of carbonyl (C=O) groups excluding carboxylic acids is 2. The second-order valence-corrected chi connectivity index (χ2v) is 29.6. The van der Waals surface area contributed by atoms with Gasteiger partial charge in [-0.15, -0.1) is 0 Å². The molecule has 2 atom stereocenters. The summed E-state index contributed by atoms with van der Waals surface area (Å²) in [5, 5.41) is 35.8.